The average molecular weight is 454 g/mol. The summed E-state index contributed by atoms with van der Waals surface area (Å²) in [6.45, 7) is 3.49. The van der Waals surface area contributed by atoms with Crippen LogP contribution in [-0.2, 0) is 4.79 Å². The van der Waals surface area contributed by atoms with E-state index in [2.05, 4.69) is 49.6 Å². The molecule has 1 aliphatic rings. The van der Waals surface area contributed by atoms with Crippen molar-refractivity contribution >= 4 is 28.2 Å². The third-order valence-corrected chi connectivity index (χ3v) is 6.11. The molecule has 2 heterocycles. The molecule has 0 atom stereocenters. The van der Waals surface area contributed by atoms with E-state index in [9.17, 15) is 4.79 Å². The largest absolute Gasteiger partial charge is 0.497 e. The van der Waals surface area contributed by atoms with Gasteiger partial charge in [0, 0.05) is 54.3 Å². The Kier molecular flexibility index (Phi) is 6.35. The molecule has 1 aliphatic heterocycles. The van der Waals surface area contributed by atoms with Gasteiger partial charge in [-0.25, -0.2) is 0 Å². The van der Waals surface area contributed by atoms with Gasteiger partial charge in [-0.05, 0) is 12.1 Å². The number of hydrogen-bond donors (Lipinski definition) is 1. The second-order valence-corrected chi connectivity index (χ2v) is 8.33. The predicted octanol–water partition coefficient (Wildman–Crippen LogP) is 4.07. The normalized spacial score (nSPS) is 14.2. The molecule has 1 saturated heterocycles. The summed E-state index contributed by atoms with van der Waals surface area (Å²) in [5, 5.41) is 14.4. The highest BCUT2D eigenvalue weighted by atomic mass is 16.5. The van der Waals surface area contributed by atoms with E-state index in [-0.39, 0.29) is 5.91 Å². The monoisotopic (exact) mass is 453 g/mol. The molecule has 0 unspecified atom stereocenters. The summed E-state index contributed by atoms with van der Waals surface area (Å²) >= 11 is 0. The maximum absolute atomic E-state index is 12.5. The fourth-order valence-corrected chi connectivity index (χ4v) is 4.35. The van der Waals surface area contributed by atoms with Crippen LogP contribution in [0.5, 0.6) is 5.75 Å². The molecule has 0 radical (unpaired) electrons. The minimum Gasteiger partial charge on any atom is -0.497 e. The SMILES string of the molecule is COc1cccc(NC(=O)CN2CCN(c3nnc(-c4ccccc4)c4ccccc34)CC2)c1. The summed E-state index contributed by atoms with van der Waals surface area (Å²) in [7, 11) is 1.61. The van der Waals surface area contributed by atoms with Crippen molar-refractivity contribution in [2.75, 3.05) is 50.1 Å². The van der Waals surface area contributed by atoms with E-state index in [4.69, 9.17) is 4.74 Å². The van der Waals surface area contributed by atoms with Gasteiger partial charge in [-0.1, -0.05) is 60.7 Å². The molecule has 172 valence electrons. The van der Waals surface area contributed by atoms with Crippen LogP contribution in [0.3, 0.4) is 0 Å². The highest BCUT2D eigenvalue weighted by Gasteiger charge is 2.22. The number of anilines is 2. The zero-order valence-electron chi connectivity index (χ0n) is 19.1. The second-order valence-electron chi connectivity index (χ2n) is 8.33. The molecule has 7 nitrogen and oxygen atoms in total. The van der Waals surface area contributed by atoms with Crippen LogP contribution in [0.1, 0.15) is 0 Å². The summed E-state index contributed by atoms with van der Waals surface area (Å²) in [6, 6.07) is 25.9. The number of amides is 1. The summed E-state index contributed by atoms with van der Waals surface area (Å²) < 4.78 is 5.22. The van der Waals surface area contributed by atoms with Crippen molar-refractivity contribution < 1.29 is 9.53 Å². The molecule has 1 amide bonds. The molecule has 0 aliphatic carbocycles. The molecule has 5 rings (SSSR count). The number of carbonyl (C=O) groups excluding carboxylic acids is 1. The lowest BCUT2D eigenvalue weighted by molar-refractivity contribution is -0.117. The van der Waals surface area contributed by atoms with Gasteiger partial charge in [-0.15, -0.1) is 10.2 Å². The van der Waals surface area contributed by atoms with E-state index in [1.54, 1.807) is 7.11 Å². The fraction of sp³-hybridized carbons (Fsp3) is 0.222. The molecule has 0 bridgehead atoms. The van der Waals surface area contributed by atoms with Gasteiger partial charge in [-0.3, -0.25) is 9.69 Å². The van der Waals surface area contributed by atoms with Gasteiger partial charge >= 0.3 is 0 Å². The summed E-state index contributed by atoms with van der Waals surface area (Å²) in [4.78, 5) is 17.0. The number of rotatable bonds is 6. The molecule has 1 aromatic heterocycles. The topological polar surface area (TPSA) is 70.6 Å². The van der Waals surface area contributed by atoms with E-state index >= 15 is 0 Å². The van der Waals surface area contributed by atoms with Crippen LogP contribution in [0.2, 0.25) is 0 Å². The fourth-order valence-electron chi connectivity index (χ4n) is 4.35. The lowest BCUT2D eigenvalue weighted by Crippen LogP contribution is -2.49. The Labute approximate surface area is 199 Å². The number of aromatic nitrogens is 2. The van der Waals surface area contributed by atoms with Crippen molar-refractivity contribution in [2.24, 2.45) is 0 Å². The quantitative estimate of drug-likeness (QED) is 0.475. The number of methoxy groups -OCH3 is 1. The van der Waals surface area contributed by atoms with Gasteiger partial charge in [-0.2, -0.15) is 0 Å². The van der Waals surface area contributed by atoms with Crippen LogP contribution < -0.4 is 15.0 Å². The third kappa shape index (κ3) is 4.70. The van der Waals surface area contributed by atoms with Gasteiger partial charge in [0.15, 0.2) is 5.82 Å². The molecule has 0 spiro atoms. The van der Waals surface area contributed by atoms with Crippen LogP contribution in [0.15, 0.2) is 78.9 Å². The Balaban J connectivity index is 1.26. The highest BCUT2D eigenvalue weighted by molar-refractivity contribution is 6.00. The maximum atomic E-state index is 12.5. The number of nitrogens with zero attached hydrogens (tertiary/aromatic N) is 4. The van der Waals surface area contributed by atoms with Gasteiger partial charge in [0.05, 0.1) is 13.7 Å². The molecule has 7 heteroatoms. The zero-order chi connectivity index (χ0) is 23.3. The van der Waals surface area contributed by atoms with Crippen molar-refractivity contribution in [3.05, 3.63) is 78.9 Å². The lowest BCUT2D eigenvalue weighted by atomic mass is 10.0. The number of nitrogens with one attached hydrogen (secondary N) is 1. The third-order valence-electron chi connectivity index (χ3n) is 6.11. The van der Waals surface area contributed by atoms with Gasteiger partial charge in [0.2, 0.25) is 5.91 Å². The van der Waals surface area contributed by atoms with Crippen molar-refractivity contribution in [1.29, 1.82) is 0 Å². The average Bonchev–Trinajstić information content (AvgIpc) is 2.89. The lowest BCUT2D eigenvalue weighted by Gasteiger charge is -2.35. The van der Waals surface area contributed by atoms with Crippen LogP contribution in [0.4, 0.5) is 11.5 Å². The summed E-state index contributed by atoms with van der Waals surface area (Å²) in [5.41, 5.74) is 2.70. The van der Waals surface area contributed by atoms with Crippen LogP contribution >= 0.6 is 0 Å². The summed E-state index contributed by atoms with van der Waals surface area (Å²) in [6.07, 6.45) is 0. The van der Waals surface area contributed by atoms with Crippen molar-refractivity contribution in [2.45, 2.75) is 0 Å². The van der Waals surface area contributed by atoms with Crippen LogP contribution in [-0.4, -0.2) is 60.8 Å². The maximum Gasteiger partial charge on any atom is 0.238 e. The molecule has 4 aromatic rings. The van der Waals surface area contributed by atoms with Crippen molar-refractivity contribution in [1.82, 2.24) is 15.1 Å². The van der Waals surface area contributed by atoms with Crippen LogP contribution in [0.25, 0.3) is 22.0 Å². The first-order valence-electron chi connectivity index (χ1n) is 11.4. The Hall–Kier alpha value is -3.97. The zero-order valence-corrected chi connectivity index (χ0v) is 19.1. The standard InChI is InChI=1S/C27H27N5O2/c1-34-22-11-7-10-21(18-22)28-25(33)19-31-14-16-32(17-15-31)27-24-13-6-5-12-23(24)26(29-30-27)20-8-3-2-4-9-20/h2-13,18H,14-17,19H2,1H3,(H,28,33). The van der Waals surface area contributed by atoms with Crippen LogP contribution in [0, 0.1) is 0 Å². The Bertz CT molecular complexity index is 1290. The van der Waals surface area contributed by atoms with E-state index in [1.165, 1.54) is 0 Å². The Morgan fingerprint density at radius 2 is 1.62 bits per heavy atom. The number of ether oxygens (including phenoxy) is 1. The smallest absolute Gasteiger partial charge is 0.238 e. The molecular weight excluding hydrogens is 426 g/mol. The minimum atomic E-state index is -0.0286. The van der Waals surface area contributed by atoms with E-state index < -0.39 is 0 Å². The number of hydrogen-bond acceptors (Lipinski definition) is 6. The number of fused-ring (bicyclic) bond motifs is 1. The molecule has 1 N–H and O–H groups in total. The first-order valence-corrected chi connectivity index (χ1v) is 11.4. The highest BCUT2D eigenvalue weighted by Crippen LogP contribution is 2.31. The number of benzene rings is 3. The van der Waals surface area contributed by atoms with Gasteiger partial charge in [0.25, 0.3) is 0 Å². The molecule has 1 fully saturated rings. The van der Waals surface area contributed by atoms with E-state index in [0.717, 1.165) is 65.5 Å². The second kappa shape index (κ2) is 9.89. The van der Waals surface area contributed by atoms with Gasteiger partial charge < -0.3 is 15.0 Å². The molecular formula is C27H27N5O2. The van der Waals surface area contributed by atoms with Crippen molar-refractivity contribution in [3.63, 3.8) is 0 Å². The molecule has 0 saturated carbocycles. The van der Waals surface area contributed by atoms with Gasteiger partial charge in [0.1, 0.15) is 11.4 Å². The Morgan fingerprint density at radius 1 is 0.882 bits per heavy atom. The predicted molar refractivity (Wildman–Crippen MR) is 135 cm³/mol. The molecule has 34 heavy (non-hydrogen) atoms. The Morgan fingerprint density at radius 3 is 2.38 bits per heavy atom. The molecule has 3 aromatic carbocycles. The minimum absolute atomic E-state index is 0.0286. The first-order chi connectivity index (χ1) is 16.7. The number of piperazine rings is 1. The van der Waals surface area contributed by atoms with E-state index in [0.29, 0.717) is 6.54 Å². The summed E-state index contributed by atoms with van der Waals surface area (Å²) in [5.74, 6) is 1.59. The van der Waals surface area contributed by atoms with Crippen molar-refractivity contribution in [3.8, 4) is 17.0 Å². The first kappa shape index (κ1) is 21.9. The number of carbonyl (C=O) groups is 1. The van der Waals surface area contributed by atoms with E-state index in [1.807, 2.05) is 54.6 Å².